The Balaban J connectivity index is 1.48. The Morgan fingerprint density at radius 3 is 2.54 bits per heavy atom. The quantitative estimate of drug-likeness (QED) is 0.601. The lowest BCUT2D eigenvalue weighted by Gasteiger charge is -2.17. The lowest BCUT2D eigenvalue weighted by Crippen LogP contribution is -2.25. The second kappa shape index (κ2) is 10.2. The normalized spacial score (nSPS) is 14.5. The van der Waals surface area contributed by atoms with Gasteiger partial charge in [-0.2, -0.15) is 0 Å². The Labute approximate surface area is 166 Å². The number of nitrogens with one attached hydrogen (secondary N) is 2. The van der Waals surface area contributed by atoms with Gasteiger partial charge in [-0.3, -0.25) is 4.79 Å². The molecule has 28 heavy (non-hydrogen) atoms. The van der Waals surface area contributed by atoms with Crippen LogP contribution in [0.25, 0.3) is 11.5 Å². The van der Waals surface area contributed by atoms with Crippen molar-refractivity contribution in [1.29, 1.82) is 0 Å². The number of hydrogen-bond donors (Lipinski definition) is 2. The molecular weight excluding hydrogens is 354 g/mol. The minimum absolute atomic E-state index is 0.124. The molecule has 0 aliphatic heterocycles. The average molecular weight is 386 g/mol. The number of carbonyl (C=O) groups excluding carboxylic acids is 1. The Hall–Kier alpha value is -2.41. The molecule has 1 aromatic heterocycles. The van der Waals surface area contributed by atoms with Gasteiger partial charge >= 0.3 is 6.01 Å². The third-order valence-corrected chi connectivity index (χ3v) is 5.37. The number of nitrogens with zero attached hydrogens (tertiary/aromatic N) is 3. The third kappa shape index (κ3) is 5.55. The number of hydrogen-bond acceptors (Lipinski definition) is 6. The maximum Gasteiger partial charge on any atom is 0.315 e. The Bertz CT molecular complexity index is 734. The summed E-state index contributed by atoms with van der Waals surface area (Å²) in [5.74, 6) is 0.755. The molecule has 0 radical (unpaired) electrons. The summed E-state index contributed by atoms with van der Waals surface area (Å²) < 4.78 is 5.70. The van der Waals surface area contributed by atoms with Gasteiger partial charge in [-0.25, -0.2) is 0 Å². The van der Waals surface area contributed by atoms with Crippen LogP contribution in [0.5, 0.6) is 0 Å². The van der Waals surface area contributed by atoms with Gasteiger partial charge in [0.05, 0.1) is 0 Å². The minimum Gasteiger partial charge on any atom is -0.403 e. The van der Waals surface area contributed by atoms with Crippen molar-refractivity contribution in [3.8, 4) is 11.5 Å². The van der Waals surface area contributed by atoms with Crippen LogP contribution in [-0.2, 0) is 4.79 Å². The van der Waals surface area contributed by atoms with Crippen LogP contribution in [0.1, 0.15) is 46.0 Å². The van der Waals surface area contributed by atoms with Gasteiger partial charge in [0, 0.05) is 23.7 Å². The number of benzene rings is 1. The number of amides is 1. The van der Waals surface area contributed by atoms with E-state index in [1.807, 2.05) is 24.3 Å². The lowest BCUT2D eigenvalue weighted by molar-refractivity contribution is -0.119. The van der Waals surface area contributed by atoms with Crippen molar-refractivity contribution in [2.24, 2.45) is 5.92 Å². The van der Waals surface area contributed by atoms with Gasteiger partial charge in [-0.05, 0) is 63.2 Å². The maximum absolute atomic E-state index is 12.2. The van der Waals surface area contributed by atoms with E-state index >= 15 is 0 Å². The third-order valence-electron chi connectivity index (χ3n) is 5.37. The molecule has 1 saturated carbocycles. The molecule has 2 aromatic rings. The van der Waals surface area contributed by atoms with Crippen molar-refractivity contribution in [2.45, 2.75) is 46.0 Å². The lowest BCUT2D eigenvalue weighted by atomic mass is 10.1. The summed E-state index contributed by atoms with van der Waals surface area (Å²) in [5, 5.41) is 14.4. The van der Waals surface area contributed by atoms with Crippen molar-refractivity contribution in [3.63, 3.8) is 0 Å². The van der Waals surface area contributed by atoms with Crippen LogP contribution in [0.4, 0.5) is 11.7 Å². The molecule has 1 aliphatic carbocycles. The van der Waals surface area contributed by atoms with E-state index in [0.29, 0.717) is 11.9 Å². The van der Waals surface area contributed by atoms with Gasteiger partial charge in [-0.1, -0.05) is 31.8 Å². The Morgan fingerprint density at radius 1 is 1.14 bits per heavy atom. The highest BCUT2D eigenvalue weighted by molar-refractivity contribution is 5.92. The number of aromatic nitrogens is 2. The van der Waals surface area contributed by atoms with Gasteiger partial charge in [-0.15, -0.1) is 5.10 Å². The minimum atomic E-state index is 0.124. The molecule has 152 valence electrons. The molecule has 1 amide bonds. The van der Waals surface area contributed by atoms with E-state index in [4.69, 9.17) is 4.42 Å². The van der Waals surface area contributed by atoms with Crippen LogP contribution in [0.2, 0.25) is 0 Å². The summed E-state index contributed by atoms with van der Waals surface area (Å²) in [6, 6.07) is 7.98. The molecule has 1 aromatic carbocycles. The molecule has 1 heterocycles. The van der Waals surface area contributed by atoms with E-state index in [0.717, 1.165) is 69.5 Å². The van der Waals surface area contributed by atoms with Gasteiger partial charge in [0.25, 0.3) is 0 Å². The molecular formula is C21H31N5O2. The van der Waals surface area contributed by atoms with E-state index in [2.05, 4.69) is 39.6 Å². The highest BCUT2D eigenvalue weighted by Gasteiger charge is 2.22. The zero-order chi connectivity index (χ0) is 19.8. The monoisotopic (exact) mass is 385 g/mol. The van der Waals surface area contributed by atoms with Crippen LogP contribution in [0, 0.1) is 5.92 Å². The molecule has 0 atom stereocenters. The highest BCUT2D eigenvalue weighted by atomic mass is 16.4. The fourth-order valence-electron chi connectivity index (χ4n) is 3.58. The highest BCUT2D eigenvalue weighted by Crippen LogP contribution is 2.27. The molecule has 0 spiro atoms. The zero-order valence-electron chi connectivity index (χ0n) is 16.9. The largest absolute Gasteiger partial charge is 0.403 e. The van der Waals surface area contributed by atoms with Crippen LogP contribution >= 0.6 is 0 Å². The fourth-order valence-corrected chi connectivity index (χ4v) is 3.58. The summed E-state index contributed by atoms with van der Waals surface area (Å²) in [6.45, 7) is 8.33. The summed E-state index contributed by atoms with van der Waals surface area (Å²) in [5.41, 5.74) is 1.64. The first kappa shape index (κ1) is 20.3. The standard InChI is InChI=1S/C21H31N5O2/c1-3-26(4-2)15-7-14-22-21-25-24-20(28-21)17-10-12-18(13-11-17)23-19(27)16-8-5-6-9-16/h10-13,16H,3-9,14-15H2,1-2H3,(H,22,25)(H,23,27). The zero-order valence-corrected chi connectivity index (χ0v) is 16.9. The molecule has 1 aliphatic rings. The van der Waals surface area contributed by atoms with Crippen LogP contribution in [0.15, 0.2) is 28.7 Å². The average Bonchev–Trinajstić information content (AvgIpc) is 3.41. The Morgan fingerprint density at radius 2 is 1.86 bits per heavy atom. The fraction of sp³-hybridized carbons (Fsp3) is 0.571. The van der Waals surface area contributed by atoms with Crippen molar-refractivity contribution >= 4 is 17.6 Å². The predicted molar refractivity (Wildman–Crippen MR) is 111 cm³/mol. The predicted octanol–water partition coefficient (Wildman–Crippen LogP) is 4.01. The first-order valence-corrected chi connectivity index (χ1v) is 10.4. The van der Waals surface area contributed by atoms with Crippen molar-refractivity contribution < 1.29 is 9.21 Å². The van der Waals surface area contributed by atoms with Gasteiger partial charge < -0.3 is 20.0 Å². The second-order valence-corrected chi connectivity index (χ2v) is 7.27. The van der Waals surface area contributed by atoms with Gasteiger partial charge in [0.2, 0.25) is 11.8 Å². The molecule has 0 saturated heterocycles. The van der Waals surface area contributed by atoms with Crippen molar-refractivity contribution in [3.05, 3.63) is 24.3 Å². The van der Waals surface area contributed by atoms with Crippen LogP contribution in [-0.4, -0.2) is 47.2 Å². The maximum atomic E-state index is 12.2. The Kier molecular flexibility index (Phi) is 7.42. The summed E-state index contributed by atoms with van der Waals surface area (Å²) in [6.07, 6.45) is 5.32. The molecule has 7 nitrogen and oxygen atoms in total. The first-order chi connectivity index (χ1) is 13.7. The number of anilines is 2. The van der Waals surface area contributed by atoms with E-state index in [1.54, 1.807) is 0 Å². The second-order valence-electron chi connectivity index (χ2n) is 7.27. The van der Waals surface area contributed by atoms with E-state index < -0.39 is 0 Å². The summed E-state index contributed by atoms with van der Waals surface area (Å²) in [7, 11) is 0. The molecule has 1 fully saturated rings. The molecule has 0 bridgehead atoms. The topological polar surface area (TPSA) is 83.3 Å². The number of rotatable bonds is 10. The van der Waals surface area contributed by atoms with Gasteiger partial charge in [0.1, 0.15) is 0 Å². The molecule has 2 N–H and O–H groups in total. The van der Waals surface area contributed by atoms with E-state index in [9.17, 15) is 4.79 Å². The first-order valence-electron chi connectivity index (χ1n) is 10.4. The smallest absolute Gasteiger partial charge is 0.315 e. The van der Waals surface area contributed by atoms with Crippen molar-refractivity contribution in [2.75, 3.05) is 36.8 Å². The molecule has 0 unspecified atom stereocenters. The van der Waals surface area contributed by atoms with Crippen LogP contribution < -0.4 is 10.6 Å². The van der Waals surface area contributed by atoms with E-state index in [1.165, 1.54) is 0 Å². The van der Waals surface area contributed by atoms with E-state index in [-0.39, 0.29) is 11.8 Å². The molecule has 3 rings (SSSR count). The molecule has 7 heteroatoms. The SMILES string of the molecule is CCN(CC)CCCNc1nnc(-c2ccc(NC(=O)C3CCCC3)cc2)o1. The van der Waals surface area contributed by atoms with Crippen molar-refractivity contribution in [1.82, 2.24) is 15.1 Å². The van der Waals surface area contributed by atoms with Gasteiger partial charge in [0.15, 0.2) is 0 Å². The summed E-state index contributed by atoms with van der Waals surface area (Å²) in [4.78, 5) is 14.6. The number of carbonyl (C=O) groups is 1. The van der Waals surface area contributed by atoms with Crippen LogP contribution in [0.3, 0.4) is 0 Å². The summed E-state index contributed by atoms with van der Waals surface area (Å²) >= 11 is 0.